The highest BCUT2D eigenvalue weighted by Gasteiger charge is 2.17. The van der Waals surface area contributed by atoms with E-state index in [2.05, 4.69) is 15.4 Å². The number of hydrogen-bond acceptors (Lipinski definition) is 4. The molecule has 0 aliphatic heterocycles. The zero-order valence-electron chi connectivity index (χ0n) is 10.4. The third-order valence-corrected chi connectivity index (χ3v) is 2.87. The Kier molecular flexibility index (Phi) is 3.02. The van der Waals surface area contributed by atoms with Crippen LogP contribution in [-0.4, -0.2) is 31.9 Å². The van der Waals surface area contributed by atoms with Gasteiger partial charge < -0.3 is 10.4 Å². The van der Waals surface area contributed by atoms with E-state index in [1.165, 1.54) is 0 Å². The lowest BCUT2D eigenvalue weighted by Gasteiger charge is -2.20. The fourth-order valence-electron chi connectivity index (χ4n) is 1.46. The Morgan fingerprint density at radius 3 is 2.94 bits per heavy atom. The lowest BCUT2D eigenvalue weighted by Crippen LogP contribution is -2.32. The number of aliphatic hydroxyl groups is 1. The van der Waals surface area contributed by atoms with Gasteiger partial charge in [-0.25, -0.2) is 4.52 Å². The van der Waals surface area contributed by atoms with Gasteiger partial charge in [-0.15, -0.1) is 5.10 Å². The van der Waals surface area contributed by atoms with Crippen molar-refractivity contribution < 1.29 is 5.11 Å². The topological polar surface area (TPSA) is 62.5 Å². The Morgan fingerprint density at radius 1 is 1.47 bits per heavy atom. The van der Waals surface area contributed by atoms with E-state index in [-0.39, 0.29) is 0 Å². The highest BCUT2D eigenvalue weighted by molar-refractivity contribution is 5.44. The SMILES string of the molecule is CCC(C)(O)CNc1nc2ccc(C)cn2n1. The highest BCUT2D eigenvalue weighted by Crippen LogP contribution is 2.11. The van der Waals surface area contributed by atoms with Crippen molar-refractivity contribution in [3.63, 3.8) is 0 Å². The molecule has 0 bridgehead atoms. The second-order valence-electron chi connectivity index (χ2n) is 4.65. The number of nitrogens with one attached hydrogen (secondary N) is 1. The van der Waals surface area contributed by atoms with Gasteiger partial charge in [0.15, 0.2) is 5.65 Å². The zero-order valence-corrected chi connectivity index (χ0v) is 10.4. The molecule has 5 nitrogen and oxygen atoms in total. The molecular formula is C12H18N4O. The van der Waals surface area contributed by atoms with Crippen LogP contribution in [0.4, 0.5) is 5.95 Å². The minimum atomic E-state index is -0.729. The van der Waals surface area contributed by atoms with Gasteiger partial charge in [-0.05, 0) is 31.9 Å². The highest BCUT2D eigenvalue weighted by atomic mass is 16.3. The van der Waals surface area contributed by atoms with E-state index < -0.39 is 5.60 Å². The van der Waals surface area contributed by atoms with Crippen molar-refractivity contribution in [1.29, 1.82) is 0 Å². The number of nitrogens with zero attached hydrogens (tertiary/aromatic N) is 3. The molecule has 2 aromatic rings. The number of hydrogen-bond donors (Lipinski definition) is 2. The summed E-state index contributed by atoms with van der Waals surface area (Å²) in [6.07, 6.45) is 2.61. The predicted molar refractivity (Wildman–Crippen MR) is 67.1 cm³/mol. The van der Waals surface area contributed by atoms with E-state index in [9.17, 15) is 5.11 Å². The Balaban J connectivity index is 2.15. The molecule has 0 saturated carbocycles. The molecule has 0 spiro atoms. The molecule has 0 aliphatic rings. The summed E-state index contributed by atoms with van der Waals surface area (Å²) in [4.78, 5) is 4.32. The predicted octanol–water partition coefficient (Wildman–Crippen LogP) is 1.61. The lowest BCUT2D eigenvalue weighted by atomic mass is 10.0. The maximum atomic E-state index is 9.88. The van der Waals surface area contributed by atoms with Crippen LogP contribution < -0.4 is 5.32 Å². The van der Waals surface area contributed by atoms with Crippen LogP contribution in [-0.2, 0) is 0 Å². The molecule has 17 heavy (non-hydrogen) atoms. The molecule has 2 N–H and O–H groups in total. The van der Waals surface area contributed by atoms with Gasteiger partial charge in [0.05, 0.1) is 5.60 Å². The average molecular weight is 234 g/mol. The average Bonchev–Trinajstić information content (AvgIpc) is 2.68. The summed E-state index contributed by atoms with van der Waals surface area (Å²) >= 11 is 0. The Hall–Kier alpha value is -1.62. The molecule has 2 aromatic heterocycles. The number of pyridine rings is 1. The summed E-state index contributed by atoms with van der Waals surface area (Å²) in [6, 6.07) is 3.92. The number of aromatic nitrogens is 3. The van der Waals surface area contributed by atoms with Crippen molar-refractivity contribution in [3.05, 3.63) is 23.9 Å². The van der Waals surface area contributed by atoms with Gasteiger partial charge in [-0.1, -0.05) is 13.0 Å². The number of rotatable bonds is 4. The summed E-state index contributed by atoms with van der Waals surface area (Å²) < 4.78 is 1.73. The van der Waals surface area contributed by atoms with Crippen LogP contribution in [0.25, 0.3) is 5.65 Å². The maximum absolute atomic E-state index is 9.88. The van der Waals surface area contributed by atoms with Crippen molar-refractivity contribution in [2.75, 3.05) is 11.9 Å². The summed E-state index contributed by atoms with van der Waals surface area (Å²) in [6.45, 7) is 6.19. The van der Waals surface area contributed by atoms with E-state index in [0.717, 1.165) is 11.2 Å². The van der Waals surface area contributed by atoms with Crippen LogP contribution in [0.2, 0.25) is 0 Å². The fourth-order valence-corrected chi connectivity index (χ4v) is 1.46. The molecule has 0 fully saturated rings. The molecule has 1 unspecified atom stereocenters. The first-order valence-corrected chi connectivity index (χ1v) is 5.79. The number of aryl methyl sites for hydroxylation is 1. The molecule has 0 radical (unpaired) electrons. The number of anilines is 1. The van der Waals surface area contributed by atoms with Gasteiger partial charge in [-0.2, -0.15) is 4.98 Å². The van der Waals surface area contributed by atoms with Crippen LogP contribution in [0.5, 0.6) is 0 Å². The summed E-state index contributed by atoms with van der Waals surface area (Å²) in [5, 5.41) is 17.2. The van der Waals surface area contributed by atoms with E-state index in [0.29, 0.717) is 18.9 Å². The smallest absolute Gasteiger partial charge is 0.243 e. The summed E-state index contributed by atoms with van der Waals surface area (Å²) in [5.74, 6) is 0.546. The molecule has 0 aromatic carbocycles. The van der Waals surface area contributed by atoms with Crippen molar-refractivity contribution in [2.45, 2.75) is 32.8 Å². The molecule has 0 amide bonds. The molecule has 1 atom stereocenters. The molecule has 0 aliphatic carbocycles. The fraction of sp³-hybridized carbons (Fsp3) is 0.500. The molecule has 2 rings (SSSR count). The first kappa shape index (κ1) is 11.9. The van der Waals surface area contributed by atoms with Gasteiger partial charge >= 0.3 is 0 Å². The van der Waals surface area contributed by atoms with Crippen molar-refractivity contribution in [3.8, 4) is 0 Å². The van der Waals surface area contributed by atoms with E-state index in [4.69, 9.17) is 0 Å². The third-order valence-electron chi connectivity index (χ3n) is 2.87. The van der Waals surface area contributed by atoms with Crippen LogP contribution in [0, 0.1) is 6.92 Å². The van der Waals surface area contributed by atoms with Crippen molar-refractivity contribution in [2.24, 2.45) is 0 Å². The summed E-state index contributed by atoms with van der Waals surface area (Å²) in [5.41, 5.74) is 1.21. The minimum Gasteiger partial charge on any atom is -0.388 e. The van der Waals surface area contributed by atoms with Crippen LogP contribution in [0.3, 0.4) is 0 Å². The molecule has 2 heterocycles. The zero-order chi connectivity index (χ0) is 12.5. The molecule has 92 valence electrons. The van der Waals surface area contributed by atoms with Crippen LogP contribution in [0.15, 0.2) is 18.3 Å². The second kappa shape index (κ2) is 4.33. The molecular weight excluding hydrogens is 216 g/mol. The number of fused-ring (bicyclic) bond motifs is 1. The Bertz CT molecular complexity index is 518. The van der Waals surface area contributed by atoms with E-state index in [1.807, 2.05) is 32.2 Å². The van der Waals surface area contributed by atoms with Gasteiger partial charge in [0.1, 0.15) is 0 Å². The monoisotopic (exact) mass is 234 g/mol. The minimum absolute atomic E-state index is 0.444. The first-order valence-electron chi connectivity index (χ1n) is 5.79. The van der Waals surface area contributed by atoms with Gasteiger partial charge in [0.2, 0.25) is 5.95 Å². The van der Waals surface area contributed by atoms with Gasteiger partial charge in [-0.3, -0.25) is 0 Å². The normalized spacial score (nSPS) is 14.8. The van der Waals surface area contributed by atoms with Gasteiger partial charge in [0.25, 0.3) is 0 Å². The lowest BCUT2D eigenvalue weighted by molar-refractivity contribution is 0.0695. The second-order valence-corrected chi connectivity index (χ2v) is 4.65. The molecule has 5 heteroatoms. The largest absolute Gasteiger partial charge is 0.388 e. The van der Waals surface area contributed by atoms with Gasteiger partial charge in [0, 0.05) is 12.7 Å². The van der Waals surface area contributed by atoms with E-state index >= 15 is 0 Å². The van der Waals surface area contributed by atoms with Crippen molar-refractivity contribution in [1.82, 2.24) is 14.6 Å². The van der Waals surface area contributed by atoms with E-state index in [1.54, 1.807) is 11.4 Å². The maximum Gasteiger partial charge on any atom is 0.243 e. The van der Waals surface area contributed by atoms with Crippen LogP contribution in [0.1, 0.15) is 25.8 Å². The van der Waals surface area contributed by atoms with Crippen molar-refractivity contribution >= 4 is 11.6 Å². The molecule has 0 saturated heterocycles. The third kappa shape index (κ3) is 2.74. The summed E-state index contributed by atoms with van der Waals surface area (Å²) in [7, 11) is 0. The Labute approximate surface area is 100 Å². The quantitative estimate of drug-likeness (QED) is 0.843. The van der Waals surface area contributed by atoms with Crippen LogP contribution >= 0.6 is 0 Å². The Morgan fingerprint density at radius 2 is 2.24 bits per heavy atom. The standard InChI is InChI=1S/C12H18N4O/c1-4-12(3,17)8-13-11-14-10-6-5-9(2)7-16(10)15-11/h5-7,17H,4,8H2,1-3H3,(H,13,15). The first-order chi connectivity index (χ1) is 8.00.